The van der Waals surface area contributed by atoms with Crippen LogP contribution >= 0.6 is 0 Å². The van der Waals surface area contributed by atoms with Gasteiger partial charge in [0, 0.05) is 23.7 Å². The number of anilines is 2. The number of unbranched alkanes of at least 4 members (excludes halogenated alkanes) is 1. The van der Waals surface area contributed by atoms with Crippen molar-refractivity contribution in [2.24, 2.45) is 5.41 Å². The van der Waals surface area contributed by atoms with Crippen molar-refractivity contribution in [2.75, 3.05) is 24.3 Å². The third kappa shape index (κ3) is 8.78. The van der Waals surface area contributed by atoms with E-state index in [4.69, 9.17) is 4.74 Å². The Labute approximate surface area is 204 Å². The van der Waals surface area contributed by atoms with E-state index in [1.807, 2.05) is 58.0 Å². The summed E-state index contributed by atoms with van der Waals surface area (Å²) in [7, 11) is 1.68. The molecule has 7 heteroatoms. The molecule has 7 nitrogen and oxygen atoms in total. The van der Waals surface area contributed by atoms with E-state index in [1.54, 1.807) is 7.11 Å². The maximum absolute atomic E-state index is 12.3. The van der Waals surface area contributed by atoms with Gasteiger partial charge in [-0.1, -0.05) is 52.3 Å². The van der Waals surface area contributed by atoms with Crippen molar-refractivity contribution in [1.29, 1.82) is 0 Å². The molecule has 3 N–H and O–H groups in total. The second-order valence-corrected chi connectivity index (χ2v) is 9.40. The minimum atomic E-state index is -0.503. The zero-order valence-corrected chi connectivity index (χ0v) is 21.4. The van der Waals surface area contributed by atoms with Crippen molar-refractivity contribution in [2.45, 2.75) is 72.8 Å². The maximum atomic E-state index is 12.3. The lowest BCUT2D eigenvalue weighted by atomic mass is 9.96. The highest BCUT2D eigenvalue weighted by Crippen LogP contribution is 2.22. The van der Waals surface area contributed by atoms with Crippen LogP contribution in [0.2, 0.25) is 0 Å². The third-order valence-electron chi connectivity index (χ3n) is 5.42. The molecule has 0 radical (unpaired) electrons. The van der Waals surface area contributed by atoms with E-state index < -0.39 is 11.5 Å². The fraction of sp³-hybridized carbons (Fsp3) is 0.519. The number of nitrogens with zero attached hydrogens (tertiary/aromatic N) is 2. The van der Waals surface area contributed by atoms with Gasteiger partial charge >= 0.3 is 0 Å². The number of aliphatic hydroxyl groups excluding tert-OH is 1. The number of rotatable bonds is 12. The lowest BCUT2D eigenvalue weighted by Crippen LogP contribution is -2.28. The number of aliphatic hydroxyl groups is 1. The van der Waals surface area contributed by atoms with Gasteiger partial charge in [-0.3, -0.25) is 4.79 Å². The quantitative estimate of drug-likeness (QED) is 0.368. The number of amides is 1. The summed E-state index contributed by atoms with van der Waals surface area (Å²) in [5.74, 6) is 1.83. The Morgan fingerprint density at radius 3 is 2.59 bits per heavy atom. The summed E-state index contributed by atoms with van der Waals surface area (Å²) in [6.45, 7) is 10.4. The Morgan fingerprint density at radius 1 is 1.18 bits per heavy atom. The average molecular weight is 469 g/mol. The predicted octanol–water partition coefficient (Wildman–Crippen LogP) is 5.25. The van der Waals surface area contributed by atoms with E-state index in [0.29, 0.717) is 24.7 Å². The van der Waals surface area contributed by atoms with Crippen LogP contribution in [0.4, 0.5) is 11.8 Å². The first-order valence-corrected chi connectivity index (χ1v) is 12.1. The number of aryl methyl sites for hydroxylation is 2. The van der Waals surface area contributed by atoms with Crippen LogP contribution in [0.15, 0.2) is 30.3 Å². The zero-order chi connectivity index (χ0) is 25.1. The largest absolute Gasteiger partial charge is 0.496 e. The number of carbonyl (C=O) groups excluding carboxylic acids is 1. The Hall–Kier alpha value is -2.93. The SMILES string of the molecule is CCNc1nc(CCCCC(O)/C=C/c2ccc(OC)c(CC)c2)cc(NC(=O)C(C)(C)C)n1. The van der Waals surface area contributed by atoms with E-state index in [-0.39, 0.29) is 5.91 Å². The van der Waals surface area contributed by atoms with Crippen LogP contribution < -0.4 is 15.4 Å². The first-order chi connectivity index (χ1) is 16.2. The molecule has 0 bridgehead atoms. The molecule has 1 unspecified atom stereocenters. The van der Waals surface area contributed by atoms with Crippen LogP contribution in [0.3, 0.4) is 0 Å². The fourth-order valence-electron chi connectivity index (χ4n) is 3.39. The number of methoxy groups -OCH3 is 1. The Morgan fingerprint density at radius 2 is 1.94 bits per heavy atom. The Bertz CT molecular complexity index is 967. The maximum Gasteiger partial charge on any atom is 0.230 e. The lowest BCUT2D eigenvalue weighted by molar-refractivity contribution is -0.123. The topological polar surface area (TPSA) is 96.4 Å². The van der Waals surface area contributed by atoms with Crippen LogP contribution in [0, 0.1) is 5.41 Å². The molecule has 1 amide bonds. The molecule has 34 heavy (non-hydrogen) atoms. The number of aromatic nitrogens is 2. The van der Waals surface area contributed by atoms with E-state index in [0.717, 1.165) is 48.3 Å². The molecule has 2 rings (SSSR count). The monoisotopic (exact) mass is 468 g/mol. The smallest absolute Gasteiger partial charge is 0.230 e. The first kappa shape index (κ1) is 27.3. The molecule has 0 aliphatic heterocycles. The van der Waals surface area contributed by atoms with Crippen LogP contribution in [0.5, 0.6) is 5.75 Å². The summed E-state index contributed by atoms with van der Waals surface area (Å²) in [6, 6.07) is 7.88. The minimum absolute atomic E-state index is 0.0857. The van der Waals surface area contributed by atoms with Crippen LogP contribution in [0.25, 0.3) is 6.08 Å². The van der Waals surface area contributed by atoms with Crippen molar-refractivity contribution in [3.05, 3.63) is 47.2 Å². The summed E-state index contributed by atoms with van der Waals surface area (Å²) >= 11 is 0. The van der Waals surface area contributed by atoms with Gasteiger partial charge < -0.3 is 20.5 Å². The molecule has 1 aromatic carbocycles. The lowest BCUT2D eigenvalue weighted by Gasteiger charge is -2.18. The zero-order valence-electron chi connectivity index (χ0n) is 21.4. The van der Waals surface area contributed by atoms with Crippen molar-refractivity contribution >= 4 is 23.7 Å². The second-order valence-electron chi connectivity index (χ2n) is 9.40. The predicted molar refractivity (Wildman–Crippen MR) is 139 cm³/mol. The van der Waals surface area contributed by atoms with Crippen LogP contribution in [-0.2, 0) is 17.6 Å². The molecular formula is C27H40N4O3. The van der Waals surface area contributed by atoms with Gasteiger partial charge in [0.2, 0.25) is 11.9 Å². The summed E-state index contributed by atoms with van der Waals surface area (Å²) < 4.78 is 5.37. The number of nitrogens with one attached hydrogen (secondary N) is 2. The van der Waals surface area contributed by atoms with E-state index in [1.165, 1.54) is 0 Å². The van der Waals surface area contributed by atoms with Crippen molar-refractivity contribution in [1.82, 2.24) is 9.97 Å². The molecular weight excluding hydrogens is 428 g/mol. The highest BCUT2D eigenvalue weighted by Gasteiger charge is 2.22. The van der Waals surface area contributed by atoms with Crippen molar-refractivity contribution < 1.29 is 14.6 Å². The molecule has 0 aliphatic rings. The fourth-order valence-corrected chi connectivity index (χ4v) is 3.39. The molecule has 0 saturated carbocycles. The minimum Gasteiger partial charge on any atom is -0.496 e. The van der Waals surface area contributed by atoms with Gasteiger partial charge in [0.15, 0.2) is 0 Å². The molecule has 2 aromatic rings. The first-order valence-electron chi connectivity index (χ1n) is 12.1. The summed E-state index contributed by atoms with van der Waals surface area (Å²) in [6.07, 6.45) is 7.35. The van der Waals surface area contributed by atoms with Gasteiger partial charge in [-0.2, -0.15) is 4.98 Å². The highest BCUT2D eigenvalue weighted by atomic mass is 16.5. The number of ether oxygens (including phenoxy) is 1. The van der Waals surface area contributed by atoms with Crippen molar-refractivity contribution in [3.63, 3.8) is 0 Å². The molecule has 0 spiro atoms. The van der Waals surface area contributed by atoms with Gasteiger partial charge in [-0.25, -0.2) is 4.98 Å². The molecule has 1 heterocycles. The van der Waals surface area contributed by atoms with E-state index in [2.05, 4.69) is 33.6 Å². The molecule has 0 fully saturated rings. The van der Waals surface area contributed by atoms with Gasteiger partial charge in [0.05, 0.1) is 13.2 Å². The number of benzene rings is 1. The number of hydrogen-bond acceptors (Lipinski definition) is 6. The summed E-state index contributed by atoms with van der Waals surface area (Å²) in [4.78, 5) is 21.3. The highest BCUT2D eigenvalue weighted by molar-refractivity contribution is 5.93. The van der Waals surface area contributed by atoms with Crippen LogP contribution in [0.1, 0.15) is 70.7 Å². The van der Waals surface area contributed by atoms with Gasteiger partial charge in [0.1, 0.15) is 11.6 Å². The third-order valence-corrected chi connectivity index (χ3v) is 5.42. The number of hydrogen-bond donors (Lipinski definition) is 3. The summed E-state index contributed by atoms with van der Waals surface area (Å²) in [5.41, 5.74) is 2.57. The molecule has 1 aromatic heterocycles. The van der Waals surface area contributed by atoms with Crippen molar-refractivity contribution in [3.8, 4) is 5.75 Å². The Kier molecular flexibility index (Phi) is 10.5. The normalized spacial score (nSPS) is 12.6. The Balaban J connectivity index is 1.90. The van der Waals surface area contributed by atoms with Gasteiger partial charge in [-0.05, 0) is 55.9 Å². The van der Waals surface area contributed by atoms with E-state index in [9.17, 15) is 9.90 Å². The molecule has 186 valence electrons. The second kappa shape index (κ2) is 13.1. The van der Waals surface area contributed by atoms with E-state index >= 15 is 0 Å². The van der Waals surface area contributed by atoms with Gasteiger partial charge in [0.25, 0.3) is 0 Å². The van der Waals surface area contributed by atoms with Gasteiger partial charge in [-0.15, -0.1) is 0 Å². The van der Waals surface area contributed by atoms with Crippen LogP contribution in [-0.4, -0.2) is 40.7 Å². The molecule has 0 aliphatic carbocycles. The summed E-state index contributed by atoms with van der Waals surface area (Å²) in [5, 5.41) is 16.4. The molecule has 0 saturated heterocycles. The standard InChI is InChI=1S/C27H40N4O3/c1-7-20-17-19(14-16-23(20)34-6)13-15-22(32)12-10-9-11-21-18-24(30-25(33)27(3,4)5)31-26(29-21)28-8-2/h13-18,22,32H,7-12H2,1-6H3,(H2,28,29,30,31,33)/b15-13+. The average Bonchev–Trinajstić information content (AvgIpc) is 2.79. The number of carbonyl (C=O) groups is 1. The molecule has 1 atom stereocenters.